The van der Waals surface area contributed by atoms with Crippen LogP contribution in [-0.4, -0.2) is 35.2 Å². The smallest absolute Gasteiger partial charge is 0.270 e. The number of benzene rings is 1. The molecule has 0 radical (unpaired) electrons. The van der Waals surface area contributed by atoms with Gasteiger partial charge in [0.15, 0.2) is 5.78 Å². The van der Waals surface area contributed by atoms with E-state index in [4.69, 9.17) is 0 Å². The fraction of sp³-hybridized carbons (Fsp3) is 0.417. The van der Waals surface area contributed by atoms with Crippen LogP contribution in [0.25, 0.3) is 0 Å². The van der Waals surface area contributed by atoms with Gasteiger partial charge in [0.25, 0.3) is 5.69 Å². The van der Waals surface area contributed by atoms with Crippen LogP contribution >= 0.6 is 0 Å². The summed E-state index contributed by atoms with van der Waals surface area (Å²) in [5.74, 6) is -0.0666. The van der Waals surface area contributed by atoms with E-state index in [1.807, 2.05) is 11.9 Å². The monoisotopic (exact) mass is 234 g/mol. The summed E-state index contributed by atoms with van der Waals surface area (Å²) in [6.45, 7) is 0.325. The Labute approximate surface area is 99.2 Å². The third-order valence-electron chi connectivity index (χ3n) is 2.94. The molecule has 90 valence electrons. The van der Waals surface area contributed by atoms with Crippen molar-refractivity contribution in [2.45, 2.75) is 18.9 Å². The van der Waals surface area contributed by atoms with E-state index in [2.05, 4.69) is 0 Å². The maximum Gasteiger partial charge on any atom is 0.270 e. The molecule has 5 heteroatoms. The summed E-state index contributed by atoms with van der Waals surface area (Å²) < 4.78 is 0. The molecule has 1 saturated carbocycles. The predicted molar refractivity (Wildman–Crippen MR) is 63.1 cm³/mol. The molecule has 0 aliphatic heterocycles. The first-order chi connectivity index (χ1) is 8.08. The van der Waals surface area contributed by atoms with Gasteiger partial charge in [-0.1, -0.05) is 12.1 Å². The molecule has 1 aromatic rings. The van der Waals surface area contributed by atoms with Gasteiger partial charge in [-0.05, 0) is 19.9 Å². The van der Waals surface area contributed by atoms with Crippen molar-refractivity contribution in [2.24, 2.45) is 0 Å². The Hall–Kier alpha value is -1.75. The molecule has 1 aliphatic rings. The second-order valence-corrected chi connectivity index (χ2v) is 4.38. The minimum absolute atomic E-state index is 0.0371. The molecule has 1 fully saturated rings. The number of ketones is 1. The minimum atomic E-state index is -0.485. The Morgan fingerprint density at radius 1 is 1.53 bits per heavy atom. The third kappa shape index (κ3) is 2.88. The van der Waals surface area contributed by atoms with E-state index in [0.717, 1.165) is 12.8 Å². The van der Waals surface area contributed by atoms with Crippen molar-refractivity contribution in [3.05, 3.63) is 39.9 Å². The highest BCUT2D eigenvalue weighted by Gasteiger charge is 2.27. The highest BCUT2D eigenvalue weighted by atomic mass is 16.6. The first kappa shape index (κ1) is 11.7. The molecule has 2 rings (SSSR count). The van der Waals surface area contributed by atoms with Crippen molar-refractivity contribution < 1.29 is 9.72 Å². The zero-order valence-corrected chi connectivity index (χ0v) is 9.63. The van der Waals surface area contributed by atoms with Crippen molar-refractivity contribution in [2.75, 3.05) is 13.6 Å². The zero-order valence-electron chi connectivity index (χ0n) is 9.63. The maximum absolute atomic E-state index is 11.9. The Balaban J connectivity index is 2.07. The number of Topliss-reactive ketones (excluding diaryl/α,β-unsaturated/α-hetero) is 1. The summed E-state index contributed by atoms with van der Waals surface area (Å²) in [6.07, 6.45) is 2.28. The molecule has 0 aromatic heterocycles. The fourth-order valence-electron chi connectivity index (χ4n) is 1.76. The highest BCUT2D eigenvalue weighted by molar-refractivity contribution is 5.98. The number of nitrogens with zero attached hydrogens (tertiary/aromatic N) is 2. The lowest BCUT2D eigenvalue weighted by atomic mass is 10.1. The van der Waals surface area contributed by atoms with Gasteiger partial charge in [0.1, 0.15) is 0 Å². The molecule has 17 heavy (non-hydrogen) atoms. The van der Waals surface area contributed by atoms with E-state index in [1.165, 1.54) is 12.1 Å². The van der Waals surface area contributed by atoms with Crippen LogP contribution in [0.4, 0.5) is 5.69 Å². The zero-order chi connectivity index (χ0) is 12.4. The maximum atomic E-state index is 11.9. The van der Waals surface area contributed by atoms with Gasteiger partial charge in [0.05, 0.1) is 11.5 Å². The number of hydrogen-bond donors (Lipinski definition) is 0. The molecule has 0 atom stereocenters. The first-order valence-electron chi connectivity index (χ1n) is 5.56. The predicted octanol–water partition coefficient (Wildman–Crippen LogP) is 1.87. The first-order valence-corrected chi connectivity index (χ1v) is 5.56. The number of nitro groups is 1. The summed E-state index contributed by atoms with van der Waals surface area (Å²) in [7, 11) is 1.91. The molecule has 0 spiro atoms. The summed E-state index contributed by atoms with van der Waals surface area (Å²) in [5, 5.41) is 10.6. The summed E-state index contributed by atoms with van der Waals surface area (Å²) in [4.78, 5) is 24.0. The van der Waals surface area contributed by atoms with Gasteiger partial charge >= 0.3 is 0 Å². The minimum Gasteiger partial charge on any atom is -0.296 e. The Bertz CT molecular complexity index is 455. The molecular formula is C12H14N2O3. The van der Waals surface area contributed by atoms with Crippen LogP contribution in [0.2, 0.25) is 0 Å². The average molecular weight is 234 g/mol. The largest absolute Gasteiger partial charge is 0.296 e. The van der Waals surface area contributed by atoms with E-state index < -0.39 is 4.92 Å². The summed E-state index contributed by atoms with van der Waals surface area (Å²) in [5.41, 5.74) is 0.372. The van der Waals surface area contributed by atoms with Crippen molar-refractivity contribution in [3.63, 3.8) is 0 Å². The van der Waals surface area contributed by atoms with Gasteiger partial charge in [0, 0.05) is 23.7 Å². The van der Waals surface area contributed by atoms with E-state index >= 15 is 0 Å². The molecule has 0 N–H and O–H groups in total. The molecule has 1 aliphatic carbocycles. The second-order valence-electron chi connectivity index (χ2n) is 4.38. The third-order valence-corrected chi connectivity index (χ3v) is 2.94. The standard InChI is InChI=1S/C12H14N2O3/c1-13(10-5-6-10)8-12(15)9-3-2-4-11(7-9)14(16)17/h2-4,7,10H,5-6,8H2,1H3. The van der Waals surface area contributed by atoms with Crippen LogP contribution < -0.4 is 0 Å². The number of hydrogen-bond acceptors (Lipinski definition) is 4. The van der Waals surface area contributed by atoms with E-state index in [9.17, 15) is 14.9 Å². The number of non-ortho nitro benzene ring substituents is 1. The molecule has 5 nitrogen and oxygen atoms in total. The van der Waals surface area contributed by atoms with Crippen LogP contribution in [-0.2, 0) is 0 Å². The average Bonchev–Trinajstić information content (AvgIpc) is 3.12. The second kappa shape index (κ2) is 4.63. The molecule has 1 aromatic carbocycles. The normalized spacial score (nSPS) is 14.9. The number of carbonyl (C=O) groups excluding carboxylic acids is 1. The molecule has 0 saturated heterocycles. The van der Waals surface area contributed by atoms with Gasteiger partial charge in [-0.25, -0.2) is 0 Å². The number of rotatable bonds is 5. The van der Waals surface area contributed by atoms with Crippen molar-refractivity contribution in [3.8, 4) is 0 Å². The number of carbonyl (C=O) groups is 1. The lowest BCUT2D eigenvalue weighted by molar-refractivity contribution is -0.384. The molecule has 0 heterocycles. The number of likely N-dealkylation sites (N-methyl/N-ethyl adjacent to an activating group) is 1. The van der Waals surface area contributed by atoms with Crippen molar-refractivity contribution in [1.29, 1.82) is 0 Å². The van der Waals surface area contributed by atoms with Gasteiger partial charge < -0.3 is 0 Å². The molecule has 0 unspecified atom stereocenters. The van der Waals surface area contributed by atoms with Crippen LogP contribution in [0.5, 0.6) is 0 Å². The van der Waals surface area contributed by atoms with E-state index in [0.29, 0.717) is 18.2 Å². The summed E-state index contributed by atoms with van der Waals surface area (Å²) in [6, 6.07) is 6.40. The van der Waals surface area contributed by atoms with Crippen molar-refractivity contribution >= 4 is 11.5 Å². The van der Waals surface area contributed by atoms with Gasteiger partial charge in [-0.3, -0.25) is 19.8 Å². The highest BCUT2D eigenvalue weighted by Crippen LogP contribution is 2.25. The van der Waals surface area contributed by atoms with Crippen LogP contribution in [0.15, 0.2) is 24.3 Å². The Morgan fingerprint density at radius 3 is 2.82 bits per heavy atom. The SMILES string of the molecule is CN(CC(=O)c1cccc([N+](=O)[O-])c1)C1CC1. The summed E-state index contributed by atoms with van der Waals surface area (Å²) >= 11 is 0. The lowest BCUT2D eigenvalue weighted by Crippen LogP contribution is -2.27. The topological polar surface area (TPSA) is 63.5 Å². The Morgan fingerprint density at radius 2 is 2.24 bits per heavy atom. The Kier molecular flexibility index (Phi) is 3.19. The van der Waals surface area contributed by atoms with Crippen LogP contribution in [0.1, 0.15) is 23.2 Å². The van der Waals surface area contributed by atoms with Crippen LogP contribution in [0, 0.1) is 10.1 Å². The molecule has 0 amide bonds. The van der Waals surface area contributed by atoms with Gasteiger partial charge in [0.2, 0.25) is 0 Å². The lowest BCUT2D eigenvalue weighted by Gasteiger charge is -2.14. The number of nitro benzene ring substituents is 1. The van der Waals surface area contributed by atoms with E-state index in [-0.39, 0.29) is 11.5 Å². The van der Waals surface area contributed by atoms with E-state index in [1.54, 1.807) is 12.1 Å². The van der Waals surface area contributed by atoms with Crippen LogP contribution in [0.3, 0.4) is 0 Å². The fourth-order valence-corrected chi connectivity index (χ4v) is 1.76. The van der Waals surface area contributed by atoms with Gasteiger partial charge in [-0.2, -0.15) is 0 Å². The quantitative estimate of drug-likeness (QED) is 0.443. The van der Waals surface area contributed by atoms with Crippen molar-refractivity contribution in [1.82, 2.24) is 4.90 Å². The molecular weight excluding hydrogens is 220 g/mol. The molecule has 0 bridgehead atoms. The van der Waals surface area contributed by atoms with Gasteiger partial charge in [-0.15, -0.1) is 0 Å².